The Morgan fingerprint density at radius 1 is 1.48 bits per heavy atom. The predicted molar refractivity (Wildman–Crippen MR) is 88.5 cm³/mol. The van der Waals surface area contributed by atoms with Gasteiger partial charge in [0.1, 0.15) is 0 Å². The van der Waals surface area contributed by atoms with Crippen LogP contribution < -0.4 is 0 Å². The highest BCUT2D eigenvalue weighted by Crippen LogP contribution is 2.37. The van der Waals surface area contributed by atoms with Crippen molar-refractivity contribution in [1.82, 2.24) is 4.90 Å². The topological polar surface area (TPSA) is 40.5 Å². The Morgan fingerprint density at radius 3 is 2.76 bits per heavy atom. The molecule has 0 atom stereocenters. The lowest BCUT2D eigenvalue weighted by atomic mass is 9.75. The van der Waals surface area contributed by atoms with Gasteiger partial charge in [-0.3, -0.25) is 4.90 Å². The van der Waals surface area contributed by atoms with Crippen LogP contribution in [0.25, 0.3) is 6.08 Å². The number of carbonyl (C=O) groups is 1. The van der Waals surface area contributed by atoms with Crippen molar-refractivity contribution in [2.45, 2.75) is 52.1 Å². The minimum absolute atomic E-state index is 0.496. The van der Waals surface area contributed by atoms with E-state index in [1.807, 2.05) is 11.4 Å². The fraction of sp³-hybridized carbons (Fsp3) is 0.588. The first-order valence-corrected chi connectivity index (χ1v) is 8.43. The van der Waals surface area contributed by atoms with Crippen molar-refractivity contribution < 1.29 is 9.90 Å². The van der Waals surface area contributed by atoms with Crippen LogP contribution in [0.1, 0.15) is 50.0 Å². The number of carboxylic acid groups (broad SMARTS) is 1. The van der Waals surface area contributed by atoms with Crippen molar-refractivity contribution in [1.29, 1.82) is 0 Å². The molecule has 116 valence electrons. The molecule has 21 heavy (non-hydrogen) atoms. The van der Waals surface area contributed by atoms with Crippen LogP contribution in [0.5, 0.6) is 0 Å². The number of carboxylic acids is 1. The summed E-state index contributed by atoms with van der Waals surface area (Å²) in [7, 11) is 2.19. The molecule has 1 fully saturated rings. The van der Waals surface area contributed by atoms with Gasteiger partial charge in [0.2, 0.25) is 0 Å². The lowest BCUT2D eigenvalue weighted by Crippen LogP contribution is -2.36. The van der Waals surface area contributed by atoms with Crippen molar-refractivity contribution in [2.24, 2.45) is 5.41 Å². The average molecular weight is 307 g/mol. The number of aliphatic carboxylic acids is 1. The largest absolute Gasteiger partial charge is 0.478 e. The van der Waals surface area contributed by atoms with E-state index in [2.05, 4.69) is 25.8 Å². The van der Waals surface area contributed by atoms with Gasteiger partial charge >= 0.3 is 5.97 Å². The molecule has 1 N–H and O–H groups in total. The van der Waals surface area contributed by atoms with E-state index in [4.69, 9.17) is 5.11 Å². The van der Waals surface area contributed by atoms with E-state index in [0.29, 0.717) is 11.5 Å². The molecule has 1 aromatic rings. The fourth-order valence-corrected chi connectivity index (χ4v) is 3.90. The standard InChI is InChI=1S/C17H25NO2S/c1-17(2)9-6-14(7-10-17)18(3)12-15-13(8-11-21-15)4-5-16(19)20/h4-5,8,11,14H,6-7,9-10,12H2,1-3H3,(H,19,20)/b5-4+. The molecule has 0 radical (unpaired) electrons. The SMILES string of the molecule is CN(Cc1sccc1/C=C/C(=O)O)C1CCC(C)(C)CC1. The number of hydrogen-bond acceptors (Lipinski definition) is 3. The van der Waals surface area contributed by atoms with Gasteiger partial charge in [0.25, 0.3) is 0 Å². The number of rotatable bonds is 5. The van der Waals surface area contributed by atoms with Crippen LogP contribution in [-0.4, -0.2) is 29.1 Å². The van der Waals surface area contributed by atoms with Gasteiger partial charge in [-0.2, -0.15) is 0 Å². The molecule has 1 aromatic heterocycles. The highest BCUT2D eigenvalue weighted by molar-refractivity contribution is 7.10. The second-order valence-electron chi connectivity index (χ2n) is 6.78. The monoisotopic (exact) mass is 307 g/mol. The summed E-state index contributed by atoms with van der Waals surface area (Å²) in [4.78, 5) is 14.3. The normalized spacial score (nSPS) is 19.4. The lowest BCUT2D eigenvalue weighted by molar-refractivity contribution is -0.131. The molecule has 1 heterocycles. The molecule has 1 aliphatic carbocycles. The van der Waals surface area contributed by atoms with Crippen LogP contribution >= 0.6 is 11.3 Å². The van der Waals surface area contributed by atoms with Gasteiger partial charge in [0.15, 0.2) is 0 Å². The highest BCUT2D eigenvalue weighted by atomic mass is 32.1. The zero-order valence-corrected chi connectivity index (χ0v) is 13.9. The minimum Gasteiger partial charge on any atom is -0.478 e. The third kappa shape index (κ3) is 4.68. The number of nitrogens with zero attached hydrogens (tertiary/aromatic N) is 1. The Morgan fingerprint density at radius 2 is 2.14 bits per heavy atom. The Hall–Kier alpha value is -1.13. The molecule has 0 amide bonds. The van der Waals surface area contributed by atoms with Gasteiger partial charge in [-0.1, -0.05) is 13.8 Å². The van der Waals surface area contributed by atoms with Crippen molar-refractivity contribution in [2.75, 3.05) is 7.05 Å². The van der Waals surface area contributed by atoms with Crippen molar-refractivity contribution in [3.8, 4) is 0 Å². The molecule has 2 rings (SSSR count). The molecule has 1 saturated carbocycles. The fourth-order valence-electron chi connectivity index (χ4n) is 2.97. The van der Waals surface area contributed by atoms with E-state index in [-0.39, 0.29) is 0 Å². The minimum atomic E-state index is -0.894. The van der Waals surface area contributed by atoms with Crippen LogP contribution in [0.2, 0.25) is 0 Å². The van der Waals surface area contributed by atoms with E-state index in [1.54, 1.807) is 17.4 Å². The van der Waals surface area contributed by atoms with Crippen LogP contribution in [0.4, 0.5) is 0 Å². The van der Waals surface area contributed by atoms with Gasteiger partial charge in [0.05, 0.1) is 0 Å². The third-order valence-electron chi connectivity index (χ3n) is 4.51. The zero-order chi connectivity index (χ0) is 15.5. The number of thiophene rings is 1. The van der Waals surface area contributed by atoms with Crippen molar-refractivity contribution >= 4 is 23.4 Å². The van der Waals surface area contributed by atoms with Crippen LogP contribution in [0, 0.1) is 5.41 Å². The summed E-state index contributed by atoms with van der Waals surface area (Å²) in [5.74, 6) is -0.894. The van der Waals surface area contributed by atoms with Crippen LogP contribution in [0.3, 0.4) is 0 Å². The number of hydrogen-bond donors (Lipinski definition) is 1. The molecular formula is C17H25NO2S. The molecule has 0 aliphatic heterocycles. The average Bonchev–Trinajstić information content (AvgIpc) is 2.83. The first-order chi connectivity index (χ1) is 9.87. The second kappa shape index (κ2) is 6.75. The van der Waals surface area contributed by atoms with Gasteiger partial charge in [-0.25, -0.2) is 4.79 Å². The Balaban J connectivity index is 1.96. The summed E-state index contributed by atoms with van der Waals surface area (Å²) in [5, 5.41) is 10.8. The molecule has 1 aliphatic rings. The summed E-state index contributed by atoms with van der Waals surface area (Å²) in [5.41, 5.74) is 1.53. The highest BCUT2D eigenvalue weighted by Gasteiger charge is 2.28. The summed E-state index contributed by atoms with van der Waals surface area (Å²) < 4.78 is 0. The summed E-state index contributed by atoms with van der Waals surface area (Å²) >= 11 is 1.71. The molecule has 0 saturated heterocycles. The predicted octanol–water partition coefficient (Wildman–Crippen LogP) is 4.25. The Bertz CT molecular complexity index is 509. The van der Waals surface area contributed by atoms with Gasteiger partial charge in [-0.05, 0) is 61.2 Å². The van der Waals surface area contributed by atoms with E-state index >= 15 is 0 Å². The van der Waals surface area contributed by atoms with Gasteiger partial charge < -0.3 is 5.11 Å². The van der Waals surface area contributed by atoms with Gasteiger partial charge in [0, 0.05) is 23.5 Å². The Labute approximate surface area is 131 Å². The third-order valence-corrected chi connectivity index (χ3v) is 5.43. The smallest absolute Gasteiger partial charge is 0.328 e. The van der Waals surface area contributed by atoms with E-state index < -0.39 is 5.97 Å². The molecule has 0 unspecified atom stereocenters. The molecule has 3 nitrogen and oxygen atoms in total. The summed E-state index contributed by atoms with van der Waals surface area (Å²) in [6, 6.07) is 2.65. The maximum absolute atomic E-state index is 10.6. The maximum atomic E-state index is 10.6. The quantitative estimate of drug-likeness (QED) is 0.827. The second-order valence-corrected chi connectivity index (χ2v) is 7.78. The Kier molecular flexibility index (Phi) is 5.22. The van der Waals surface area contributed by atoms with Crippen LogP contribution in [-0.2, 0) is 11.3 Å². The first-order valence-electron chi connectivity index (χ1n) is 7.55. The molecule has 4 heteroatoms. The summed E-state index contributed by atoms with van der Waals surface area (Å²) in [6.45, 7) is 5.62. The lowest BCUT2D eigenvalue weighted by Gasteiger charge is -2.38. The van der Waals surface area contributed by atoms with E-state index in [1.165, 1.54) is 36.6 Å². The maximum Gasteiger partial charge on any atom is 0.328 e. The van der Waals surface area contributed by atoms with Crippen molar-refractivity contribution in [3.05, 3.63) is 28.0 Å². The molecule has 0 aromatic carbocycles. The summed E-state index contributed by atoms with van der Waals surface area (Å²) in [6.07, 6.45) is 8.02. The van der Waals surface area contributed by atoms with E-state index in [0.717, 1.165) is 12.1 Å². The molecular weight excluding hydrogens is 282 g/mol. The van der Waals surface area contributed by atoms with Gasteiger partial charge in [-0.15, -0.1) is 11.3 Å². The van der Waals surface area contributed by atoms with E-state index in [9.17, 15) is 4.79 Å². The van der Waals surface area contributed by atoms with Crippen molar-refractivity contribution in [3.63, 3.8) is 0 Å². The zero-order valence-electron chi connectivity index (χ0n) is 13.1. The molecule has 0 spiro atoms. The molecule has 0 bridgehead atoms. The first kappa shape index (κ1) is 16.2. The van der Waals surface area contributed by atoms with Crippen LogP contribution in [0.15, 0.2) is 17.5 Å².